The Labute approximate surface area is 108 Å². The highest BCUT2D eigenvalue weighted by molar-refractivity contribution is 5.44. The van der Waals surface area contributed by atoms with Crippen LogP contribution in [0.4, 0.5) is 10.1 Å². The molecule has 0 bridgehead atoms. The monoisotopic (exact) mass is 255 g/mol. The van der Waals surface area contributed by atoms with E-state index in [4.69, 9.17) is 9.47 Å². The van der Waals surface area contributed by atoms with Crippen molar-refractivity contribution in [1.29, 1.82) is 0 Å². The van der Waals surface area contributed by atoms with Crippen molar-refractivity contribution in [2.75, 3.05) is 25.1 Å². The molecule has 1 aromatic carbocycles. The topological polar surface area (TPSA) is 30.5 Å². The molecule has 0 saturated heterocycles. The number of hydrogen-bond donors (Lipinski definition) is 1. The molecule has 0 aliphatic rings. The van der Waals surface area contributed by atoms with Crippen LogP contribution < -0.4 is 5.32 Å². The largest absolute Gasteiger partial charge is 0.385 e. The Morgan fingerprint density at radius 3 is 2.44 bits per heavy atom. The highest BCUT2D eigenvalue weighted by Crippen LogP contribution is 2.13. The van der Waals surface area contributed by atoms with Crippen molar-refractivity contribution in [3.8, 4) is 0 Å². The maximum absolute atomic E-state index is 13.3. The molecule has 0 atom stereocenters. The van der Waals surface area contributed by atoms with Gasteiger partial charge in [0.25, 0.3) is 0 Å². The predicted molar refractivity (Wildman–Crippen MR) is 71.3 cm³/mol. The molecule has 4 heteroatoms. The van der Waals surface area contributed by atoms with Crippen LogP contribution in [0.1, 0.15) is 25.8 Å². The maximum Gasteiger partial charge on any atom is 0.159 e. The molecule has 1 N–H and O–H groups in total. The Morgan fingerprint density at radius 2 is 1.89 bits per heavy atom. The highest BCUT2D eigenvalue weighted by atomic mass is 19.1. The first-order valence-corrected chi connectivity index (χ1v) is 6.40. The lowest BCUT2D eigenvalue weighted by Crippen LogP contribution is -2.21. The third-order valence-corrected chi connectivity index (χ3v) is 2.59. The summed E-state index contributed by atoms with van der Waals surface area (Å²) in [6, 6.07) is 5.14. The summed E-state index contributed by atoms with van der Waals surface area (Å²) in [5, 5.41) is 3.16. The van der Waals surface area contributed by atoms with Crippen LogP contribution in [0.5, 0.6) is 0 Å². The van der Waals surface area contributed by atoms with Gasteiger partial charge in [0.1, 0.15) is 5.82 Å². The third kappa shape index (κ3) is 5.02. The van der Waals surface area contributed by atoms with Gasteiger partial charge in [0.05, 0.1) is 0 Å². The van der Waals surface area contributed by atoms with Crippen molar-refractivity contribution in [1.82, 2.24) is 0 Å². The van der Waals surface area contributed by atoms with E-state index in [0.717, 1.165) is 12.1 Å². The zero-order valence-corrected chi connectivity index (χ0v) is 11.3. The number of anilines is 1. The van der Waals surface area contributed by atoms with Crippen molar-refractivity contribution in [2.24, 2.45) is 0 Å². The molecular weight excluding hydrogens is 233 g/mol. The molecule has 0 heterocycles. The second-order valence-electron chi connectivity index (χ2n) is 4.02. The Hall–Kier alpha value is -1.13. The van der Waals surface area contributed by atoms with E-state index in [-0.39, 0.29) is 12.1 Å². The summed E-state index contributed by atoms with van der Waals surface area (Å²) in [6.45, 7) is 7.57. The summed E-state index contributed by atoms with van der Waals surface area (Å²) in [7, 11) is 0. The second-order valence-corrected chi connectivity index (χ2v) is 4.02. The van der Waals surface area contributed by atoms with Crippen molar-refractivity contribution >= 4 is 5.69 Å². The molecule has 0 aliphatic carbocycles. The van der Waals surface area contributed by atoms with Gasteiger partial charge in [0.2, 0.25) is 0 Å². The van der Waals surface area contributed by atoms with Crippen molar-refractivity contribution < 1.29 is 13.9 Å². The van der Waals surface area contributed by atoms with Gasteiger partial charge in [-0.2, -0.15) is 0 Å². The normalized spacial score (nSPS) is 10.9. The zero-order valence-electron chi connectivity index (χ0n) is 11.3. The van der Waals surface area contributed by atoms with Crippen LogP contribution in [0.15, 0.2) is 18.2 Å². The summed E-state index contributed by atoms with van der Waals surface area (Å²) in [4.78, 5) is 0. The lowest BCUT2D eigenvalue weighted by Gasteiger charge is -2.17. The molecule has 1 rings (SSSR count). The van der Waals surface area contributed by atoms with Gasteiger partial charge in [-0.25, -0.2) is 4.39 Å². The van der Waals surface area contributed by atoms with Crippen LogP contribution >= 0.6 is 0 Å². The molecule has 0 amide bonds. The molecule has 0 fully saturated rings. The number of hydrogen-bond acceptors (Lipinski definition) is 3. The lowest BCUT2D eigenvalue weighted by atomic mass is 10.2. The van der Waals surface area contributed by atoms with Crippen LogP contribution in [0, 0.1) is 12.7 Å². The fourth-order valence-electron chi connectivity index (χ4n) is 1.62. The van der Waals surface area contributed by atoms with Crippen molar-refractivity contribution in [2.45, 2.75) is 33.5 Å². The Bertz CT molecular complexity index is 352. The first kappa shape index (κ1) is 14.9. The maximum atomic E-state index is 13.3. The molecule has 0 radical (unpaired) electrons. The number of nitrogens with one attached hydrogen (secondary N) is 1. The number of halogens is 1. The number of ether oxygens (including phenoxy) is 2. The third-order valence-electron chi connectivity index (χ3n) is 2.59. The Balaban J connectivity index is 2.37. The molecule has 3 nitrogen and oxygen atoms in total. The summed E-state index contributed by atoms with van der Waals surface area (Å²) in [6.07, 6.45) is 0.541. The van der Waals surface area contributed by atoms with Gasteiger partial charge in [-0.3, -0.25) is 0 Å². The fourth-order valence-corrected chi connectivity index (χ4v) is 1.62. The molecule has 18 heavy (non-hydrogen) atoms. The molecule has 102 valence electrons. The molecule has 1 aromatic rings. The summed E-state index contributed by atoms with van der Waals surface area (Å²) >= 11 is 0. The summed E-state index contributed by atoms with van der Waals surface area (Å²) < 4.78 is 24.2. The van der Waals surface area contributed by atoms with Crippen LogP contribution in [0.25, 0.3) is 0 Å². The van der Waals surface area contributed by atoms with E-state index < -0.39 is 0 Å². The Kier molecular flexibility index (Phi) is 6.68. The first-order valence-electron chi connectivity index (χ1n) is 6.40. The van der Waals surface area contributed by atoms with E-state index in [1.807, 2.05) is 19.9 Å². The minimum Gasteiger partial charge on any atom is -0.385 e. The second kappa shape index (κ2) is 8.06. The van der Waals surface area contributed by atoms with Crippen LogP contribution in [0.2, 0.25) is 0 Å². The van der Waals surface area contributed by atoms with Gasteiger partial charge >= 0.3 is 0 Å². The van der Waals surface area contributed by atoms with E-state index in [9.17, 15) is 4.39 Å². The minimum absolute atomic E-state index is 0.189. The molecule has 0 aromatic heterocycles. The van der Waals surface area contributed by atoms with Gasteiger partial charge < -0.3 is 14.8 Å². The zero-order chi connectivity index (χ0) is 13.4. The molecule has 0 saturated carbocycles. The summed E-state index contributed by atoms with van der Waals surface area (Å²) in [5.41, 5.74) is 1.44. The van der Waals surface area contributed by atoms with Crippen molar-refractivity contribution in [3.05, 3.63) is 29.6 Å². The van der Waals surface area contributed by atoms with Gasteiger partial charge in [-0.1, -0.05) is 6.07 Å². The van der Waals surface area contributed by atoms with Crippen LogP contribution in [-0.2, 0) is 9.47 Å². The lowest BCUT2D eigenvalue weighted by molar-refractivity contribution is -0.137. The fraction of sp³-hybridized carbons (Fsp3) is 0.571. The van der Waals surface area contributed by atoms with E-state index in [1.54, 1.807) is 13.0 Å². The smallest absolute Gasteiger partial charge is 0.159 e. The average molecular weight is 255 g/mol. The highest BCUT2D eigenvalue weighted by Gasteiger charge is 2.07. The number of rotatable bonds is 8. The first-order chi connectivity index (χ1) is 8.67. The predicted octanol–water partition coefficient (Wildman–Crippen LogP) is 3.34. The van der Waals surface area contributed by atoms with Crippen LogP contribution in [0.3, 0.4) is 0 Å². The molecular formula is C14H22FNO2. The number of benzene rings is 1. The van der Waals surface area contributed by atoms with Gasteiger partial charge in [-0.15, -0.1) is 0 Å². The van der Waals surface area contributed by atoms with Gasteiger partial charge in [0.15, 0.2) is 6.29 Å². The standard InChI is InChI=1S/C14H22FNO2/c1-4-17-14(18-5-2)8-9-16-12-7-6-11(3)13(15)10-12/h6-7,10,14,16H,4-5,8-9H2,1-3H3. The molecule has 0 aliphatic heterocycles. The Morgan fingerprint density at radius 1 is 1.22 bits per heavy atom. The quantitative estimate of drug-likeness (QED) is 0.723. The van der Waals surface area contributed by atoms with Gasteiger partial charge in [-0.05, 0) is 38.5 Å². The van der Waals surface area contributed by atoms with Crippen LogP contribution in [-0.4, -0.2) is 26.0 Å². The molecule has 0 spiro atoms. The van der Waals surface area contributed by atoms with E-state index in [0.29, 0.717) is 25.3 Å². The van der Waals surface area contributed by atoms with Crippen molar-refractivity contribution in [3.63, 3.8) is 0 Å². The molecule has 0 unspecified atom stereocenters. The average Bonchev–Trinajstić information content (AvgIpc) is 2.34. The van der Waals surface area contributed by atoms with E-state index in [2.05, 4.69) is 5.32 Å². The van der Waals surface area contributed by atoms with E-state index >= 15 is 0 Å². The minimum atomic E-state index is -0.192. The SMILES string of the molecule is CCOC(CCNc1ccc(C)c(F)c1)OCC. The number of aryl methyl sites for hydroxylation is 1. The van der Waals surface area contributed by atoms with Gasteiger partial charge in [0, 0.05) is 31.9 Å². The summed E-state index contributed by atoms with van der Waals surface area (Å²) in [5.74, 6) is -0.189. The van der Waals surface area contributed by atoms with E-state index in [1.165, 1.54) is 6.07 Å².